The molecule has 13 heteroatoms. The van der Waals surface area contributed by atoms with Crippen molar-refractivity contribution in [2.24, 2.45) is 0 Å². The molecular formula is C23H26N6O5S2. The number of nitrogens with one attached hydrogen (secondary N) is 1. The second-order valence-corrected chi connectivity index (χ2v) is 12.1. The first-order valence-electron chi connectivity index (χ1n) is 11.2. The highest BCUT2D eigenvalue weighted by molar-refractivity contribution is 7.99. The number of nitrogens with zero attached hydrogens (tertiary/aromatic N) is 4. The number of ether oxygens (including phenoxy) is 2. The Bertz CT molecular complexity index is 1510. The number of benzene rings is 1. The lowest BCUT2D eigenvalue weighted by atomic mass is 10.1. The lowest BCUT2D eigenvalue weighted by Gasteiger charge is -2.20. The maximum absolute atomic E-state index is 12.5. The van der Waals surface area contributed by atoms with Gasteiger partial charge in [-0.3, -0.25) is 0 Å². The standard InChI is InChI=1S/C23H26N6O5S2/c1-23(2,3)28-36(30,31)9-5-7-29-21-19(20(24)25-12-26-21)27-22(29)35-18-11-17-16(33-13-34-17)10-14(18)15-6-4-8-32-15/h4,6,8,10-12,28H,5,7,9,13H2,1-3H3,(H2,24,25,26). The van der Waals surface area contributed by atoms with Crippen molar-refractivity contribution in [2.45, 2.75) is 49.3 Å². The third-order valence-corrected chi connectivity index (χ3v) is 8.05. The number of anilines is 1. The first-order valence-corrected chi connectivity index (χ1v) is 13.7. The van der Waals surface area contributed by atoms with Gasteiger partial charge in [0.05, 0.1) is 12.0 Å². The van der Waals surface area contributed by atoms with E-state index in [1.165, 1.54) is 18.1 Å². The largest absolute Gasteiger partial charge is 0.464 e. The Kier molecular flexibility index (Phi) is 6.30. The zero-order valence-corrected chi connectivity index (χ0v) is 21.6. The van der Waals surface area contributed by atoms with E-state index in [4.69, 9.17) is 24.6 Å². The number of aromatic nitrogens is 4. The summed E-state index contributed by atoms with van der Waals surface area (Å²) in [4.78, 5) is 14.0. The number of fused-ring (bicyclic) bond motifs is 2. The minimum atomic E-state index is -3.46. The summed E-state index contributed by atoms with van der Waals surface area (Å²) >= 11 is 1.38. The molecule has 4 aromatic rings. The van der Waals surface area contributed by atoms with Crippen molar-refractivity contribution in [3.63, 3.8) is 0 Å². The van der Waals surface area contributed by atoms with E-state index < -0.39 is 15.6 Å². The number of aryl methyl sites for hydroxylation is 1. The molecule has 0 amide bonds. The van der Waals surface area contributed by atoms with Gasteiger partial charge < -0.3 is 24.2 Å². The van der Waals surface area contributed by atoms with Gasteiger partial charge in [0.15, 0.2) is 33.6 Å². The third-order valence-electron chi connectivity index (χ3n) is 5.24. The number of furan rings is 1. The normalized spacial score (nSPS) is 13.5. The van der Waals surface area contributed by atoms with E-state index in [1.807, 2.05) is 49.6 Å². The predicted octanol–water partition coefficient (Wildman–Crippen LogP) is 3.66. The number of hydrogen-bond acceptors (Lipinski definition) is 10. The van der Waals surface area contributed by atoms with Gasteiger partial charge in [-0.05, 0) is 51.5 Å². The van der Waals surface area contributed by atoms with Crippen LogP contribution in [0.15, 0.2) is 51.3 Å². The molecule has 0 saturated heterocycles. The quantitative estimate of drug-likeness (QED) is 0.346. The summed E-state index contributed by atoms with van der Waals surface area (Å²) in [7, 11) is -3.46. The summed E-state index contributed by atoms with van der Waals surface area (Å²) in [6.45, 7) is 5.93. The van der Waals surface area contributed by atoms with E-state index in [1.54, 1.807) is 6.26 Å². The first kappa shape index (κ1) is 24.4. The van der Waals surface area contributed by atoms with Crippen LogP contribution in [0.4, 0.5) is 5.82 Å². The summed E-state index contributed by atoms with van der Waals surface area (Å²) in [5.74, 6) is 2.12. The SMILES string of the molecule is CC(C)(C)NS(=O)(=O)CCCn1c(Sc2cc3c(cc2-c2ccco2)OCO3)nc2c(N)ncnc21. The summed E-state index contributed by atoms with van der Waals surface area (Å²) < 4.78 is 46.4. The van der Waals surface area contributed by atoms with E-state index in [-0.39, 0.29) is 18.4 Å². The molecule has 1 aliphatic rings. The maximum Gasteiger partial charge on any atom is 0.231 e. The third kappa shape index (κ3) is 5.13. The second kappa shape index (κ2) is 9.30. The lowest BCUT2D eigenvalue weighted by molar-refractivity contribution is 0.174. The predicted molar refractivity (Wildman–Crippen MR) is 135 cm³/mol. The van der Waals surface area contributed by atoms with Crippen LogP contribution in [0.5, 0.6) is 11.5 Å². The Morgan fingerprint density at radius 2 is 1.97 bits per heavy atom. The van der Waals surface area contributed by atoms with Crippen LogP contribution in [0.2, 0.25) is 0 Å². The fourth-order valence-corrected chi connectivity index (χ4v) is 6.48. The molecule has 0 atom stereocenters. The molecule has 0 unspecified atom stereocenters. The van der Waals surface area contributed by atoms with Crippen molar-refractivity contribution in [1.29, 1.82) is 0 Å². The summed E-state index contributed by atoms with van der Waals surface area (Å²) in [6, 6.07) is 7.42. The zero-order valence-electron chi connectivity index (χ0n) is 20.0. The molecular weight excluding hydrogens is 504 g/mol. The molecule has 0 radical (unpaired) electrons. The van der Waals surface area contributed by atoms with Gasteiger partial charge in [0, 0.05) is 22.5 Å². The Morgan fingerprint density at radius 3 is 2.69 bits per heavy atom. The van der Waals surface area contributed by atoms with Crippen LogP contribution in [0, 0.1) is 0 Å². The summed E-state index contributed by atoms with van der Waals surface area (Å²) in [5.41, 5.74) is 7.33. The Morgan fingerprint density at radius 1 is 1.19 bits per heavy atom. The summed E-state index contributed by atoms with van der Waals surface area (Å²) in [5, 5.41) is 0.588. The highest BCUT2D eigenvalue weighted by Crippen LogP contribution is 2.45. The van der Waals surface area contributed by atoms with E-state index in [0.29, 0.717) is 46.5 Å². The molecule has 36 heavy (non-hydrogen) atoms. The maximum atomic E-state index is 12.5. The molecule has 0 spiro atoms. The number of rotatable bonds is 8. The van der Waals surface area contributed by atoms with Gasteiger partial charge in [-0.15, -0.1) is 0 Å². The van der Waals surface area contributed by atoms with Gasteiger partial charge in [-0.25, -0.2) is 28.1 Å². The number of sulfonamides is 1. The van der Waals surface area contributed by atoms with E-state index >= 15 is 0 Å². The molecule has 1 aromatic carbocycles. The van der Waals surface area contributed by atoms with Crippen LogP contribution in [0.25, 0.3) is 22.5 Å². The highest BCUT2D eigenvalue weighted by atomic mass is 32.2. The van der Waals surface area contributed by atoms with Gasteiger partial charge in [-0.1, -0.05) is 11.8 Å². The second-order valence-electron chi connectivity index (χ2n) is 9.28. The molecule has 0 saturated carbocycles. The van der Waals surface area contributed by atoms with Crippen molar-refractivity contribution < 1.29 is 22.3 Å². The minimum Gasteiger partial charge on any atom is -0.464 e. The van der Waals surface area contributed by atoms with Gasteiger partial charge in [0.1, 0.15) is 12.1 Å². The van der Waals surface area contributed by atoms with E-state index in [9.17, 15) is 8.42 Å². The van der Waals surface area contributed by atoms with Crippen molar-refractivity contribution in [3.8, 4) is 22.8 Å². The Labute approximate surface area is 212 Å². The molecule has 4 heterocycles. The molecule has 190 valence electrons. The smallest absolute Gasteiger partial charge is 0.231 e. The first-order chi connectivity index (χ1) is 17.1. The van der Waals surface area contributed by atoms with Crippen LogP contribution < -0.4 is 19.9 Å². The highest BCUT2D eigenvalue weighted by Gasteiger charge is 2.24. The fourth-order valence-electron chi connectivity index (χ4n) is 3.87. The molecule has 11 nitrogen and oxygen atoms in total. The van der Waals surface area contributed by atoms with E-state index in [2.05, 4.69) is 14.7 Å². The minimum absolute atomic E-state index is 0.0454. The fraction of sp³-hybridized carbons (Fsp3) is 0.348. The molecule has 5 rings (SSSR count). The Balaban J connectivity index is 1.50. The van der Waals surface area contributed by atoms with Gasteiger partial charge in [0.25, 0.3) is 0 Å². The van der Waals surface area contributed by atoms with Crippen LogP contribution in [-0.4, -0.2) is 46.0 Å². The van der Waals surface area contributed by atoms with Crippen molar-refractivity contribution in [2.75, 3.05) is 18.3 Å². The van der Waals surface area contributed by atoms with Crippen molar-refractivity contribution >= 4 is 38.8 Å². The average Bonchev–Trinajstić information content (AvgIpc) is 3.52. The number of hydrogen-bond donors (Lipinski definition) is 2. The molecule has 3 N–H and O–H groups in total. The average molecular weight is 531 g/mol. The molecule has 3 aromatic heterocycles. The lowest BCUT2D eigenvalue weighted by Crippen LogP contribution is -2.41. The van der Waals surface area contributed by atoms with Crippen molar-refractivity contribution in [1.82, 2.24) is 24.2 Å². The number of nitrogen functional groups attached to an aromatic ring is 1. The Hall–Kier alpha value is -3.29. The van der Waals surface area contributed by atoms with Crippen LogP contribution >= 0.6 is 11.8 Å². The monoisotopic (exact) mass is 530 g/mol. The molecule has 0 aliphatic carbocycles. The molecule has 0 fully saturated rings. The molecule has 1 aliphatic heterocycles. The topological polar surface area (TPSA) is 147 Å². The van der Waals surface area contributed by atoms with Crippen LogP contribution in [0.1, 0.15) is 27.2 Å². The molecule has 0 bridgehead atoms. The van der Waals surface area contributed by atoms with Crippen LogP contribution in [0.3, 0.4) is 0 Å². The summed E-state index contributed by atoms with van der Waals surface area (Å²) in [6.07, 6.45) is 3.32. The van der Waals surface area contributed by atoms with Crippen molar-refractivity contribution in [3.05, 3.63) is 36.9 Å². The van der Waals surface area contributed by atoms with Crippen LogP contribution in [-0.2, 0) is 16.6 Å². The van der Waals surface area contributed by atoms with E-state index in [0.717, 1.165) is 10.5 Å². The van der Waals surface area contributed by atoms with Gasteiger partial charge >= 0.3 is 0 Å². The number of imidazole rings is 1. The van der Waals surface area contributed by atoms with Gasteiger partial charge in [-0.2, -0.15) is 0 Å². The zero-order chi connectivity index (χ0) is 25.5. The number of nitrogens with two attached hydrogens (primary N) is 1. The van der Waals surface area contributed by atoms with Gasteiger partial charge in [0.2, 0.25) is 16.8 Å².